The molecule has 0 aliphatic heterocycles. The van der Waals surface area contributed by atoms with Crippen molar-refractivity contribution in [1.29, 1.82) is 0 Å². The smallest absolute Gasteiger partial charge is 0.315 e. The summed E-state index contributed by atoms with van der Waals surface area (Å²) >= 11 is 0. The molecule has 0 saturated carbocycles. The highest BCUT2D eigenvalue weighted by Gasteiger charge is 2.40. The Morgan fingerprint density at radius 1 is 0.792 bits per heavy atom. The molecule has 0 bridgehead atoms. The molecular formula is C14H6N2O8. The maximum Gasteiger partial charge on any atom is 0.315 e. The molecule has 0 aromatic heterocycles. The molecule has 0 saturated heterocycles. The van der Waals surface area contributed by atoms with Crippen molar-refractivity contribution in [3.63, 3.8) is 0 Å². The summed E-state index contributed by atoms with van der Waals surface area (Å²) in [6.45, 7) is 0. The Morgan fingerprint density at radius 3 is 2.00 bits per heavy atom. The van der Waals surface area contributed by atoms with Crippen LogP contribution in [0.2, 0.25) is 0 Å². The largest absolute Gasteiger partial charge is 0.504 e. The van der Waals surface area contributed by atoms with Gasteiger partial charge in [0.25, 0.3) is 5.69 Å². The molecule has 0 radical (unpaired) electrons. The van der Waals surface area contributed by atoms with Crippen LogP contribution in [0.5, 0.6) is 11.5 Å². The van der Waals surface area contributed by atoms with Crippen molar-refractivity contribution in [2.45, 2.75) is 0 Å². The van der Waals surface area contributed by atoms with Crippen molar-refractivity contribution in [2.75, 3.05) is 0 Å². The lowest BCUT2D eigenvalue weighted by Gasteiger charge is -2.18. The Kier molecular flexibility index (Phi) is 3.04. The molecule has 1 aliphatic carbocycles. The highest BCUT2D eigenvalue weighted by Crippen LogP contribution is 2.45. The van der Waals surface area contributed by atoms with E-state index in [9.17, 15) is 40.0 Å². The number of aromatic hydroxyl groups is 2. The number of rotatable bonds is 2. The van der Waals surface area contributed by atoms with Gasteiger partial charge in [-0.05, 0) is 6.07 Å². The summed E-state index contributed by atoms with van der Waals surface area (Å²) in [5.41, 5.74) is -3.65. The Bertz CT molecular complexity index is 979. The first-order valence-electron chi connectivity index (χ1n) is 6.35. The molecule has 0 spiro atoms. The van der Waals surface area contributed by atoms with Gasteiger partial charge in [-0.2, -0.15) is 0 Å². The quantitative estimate of drug-likeness (QED) is 0.407. The molecule has 0 heterocycles. The average Bonchev–Trinajstić information content (AvgIpc) is 2.53. The topological polar surface area (TPSA) is 161 Å². The number of nitro groups is 2. The number of nitro benzene ring substituents is 2. The summed E-state index contributed by atoms with van der Waals surface area (Å²) < 4.78 is 0. The van der Waals surface area contributed by atoms with E-state index in [2.05, 4.69) is 0 Å². The zero-order valence-corrected chi connectivity index (χ0v) is 11.5. The zero-order chi connectivity index (χ0) is 17.8. The molecule has 0 fully saturated rings. The first-order chi connectivity index (χ1) is 11.3. The van der Waals surface area contributed by atoms with Gasteiger partial charge in [0.15, 0.2) is 11.5 Å². The Labute approximate surface area is 131 Å². The van der Waals surface area contributed by atoms with Crippen LogP contribution in [0.4, 0.5) is 11.4 Å². The standard InChI is InChI=1S/C14H6N2O8/c17-11-5-2-1-3-7(15(21)22)9(5)13(19)10-6(11)4-8(16(23)24)12(18)14(10)20/h1-4,18,20H. The fraction of sp³-hybridized carbons (Fsp3) is 0. The van der Waals surface area contributed by atoms with Gasteiger partial charge in [0, 0.05) is 23.3 Å². The number of benzene rings is 2. The van der Waals surface area contributed by atoms with Gasteiger partial charge >= 0.3 is 5.69 Å². The zero-order valence-electron chi connectivity index (χ0n) is 11.5. The summed E-state index contributed by atoms with van der Waals surface area (Å²) in [6.07, 6.45) is 0. The van der Waals surface area contributed by atoms with Gasteiger partial charge < -0.3 is 10.2 Å². The minimum Gasteiger partial charge on any atom is -0.504 e. The van der Waals surface area contributed by atoms with Gasteiger partial charge in [0.05, 0.1) is 15.4 Å². The SMILES string of the molecule is O=C1c2cccc([N+](=O)[O-])c2C(=O)c2c1cc([N+](=O)[O-])c(O)c2O. The van der Waals surface area contributed by atoms with Crippen LogP contribution in [0.25, 0.3) is 0 Å². The van der Waals surface area contributed by atoms with Gasteiger partial charge in [-0.25, -0.2) is 0 Å². The fourth-order valence-corrected chi connectivity index (χ4v) is 2.58. The number of phenols is 2. The summed E-state index contributed by atoms with van der Waals surface area (Å²) in [5.74, 6) is -4.33. The normalized spacial score (nSPS) is 12.5. The van der Waals surface area contributed by atoms with E-state index in [0.29, 0.717) is 6.07 Å². The van der Waals surface area contributed by atoms with Crippen LogP contribution in [0.1, 0.15) is 31.8 Å². The molecule has 0 atom stereocenters. The Morgan fingerprint density at radius 2 is 1.42 bits per heavy atom. The summed E-state index contributed by atoms with van der Waals surface area (Å²) in [7, 11) is 0. The van der Waals surface area contributed by atoms with E-state index in [1.165, 1.54) is 12.1 Å². The number of phenolic OH excluding ortho intramolecular Hbond substituents is 2. The molecule has 24 heavy (non-hydrogen) atoms. The third-order valence-electron chi connectivity index (χ3n) is 3.63. The first kappa shape index (κ1) is 15.1. The van der Waals surface area contributed by atoms with Crippen LogP contribution < -0.4 is 0 Å². The van der Waals surface area contributed by atoms with Gasteiger partial charge in [-0.3, -0.25) is 29.8 Å². The molecule has 120 valence electrons. The number of nitrogens with zero attached hydrogens (tertiary/aromatic N) is 2. The van der Waals surface area contributed by atoms with Crippen molar-refractivity contribution >= 4 is 22.9 Å². The molecule has 2 aromatic rings. The number of fused-ring (bicyclic) bond motifs is 2. The number of hydrogen-bond acceptors (Lipinski definition) is 8. The predicted molar refractivity (Wildman–Crippen MR) is 76.4 cm³/mol. The van der Waals surface area contributed by atoms with Crippen molar-refractivity contribution in [2.24, 2.45) is 0 Å². The molecule has 0 unspecified atom stereocenters. The van der Waals surface area contributed by atoms with E-state index in [-0.39, 0.29) is 5.56 Å². The maximum absolute atomic E-state index is 12.5. The highest BCUT2D eigenvalue weighted by atomic mass is 16.6. The summed E-state index contributed by atoms with van der Waals surface area (Å²) in [4.78, 5) is 45.1. The van der Waals surface area contributed by atoms with E-state index >= 15 is 0 Å². The van der Waals surface area contributed by atoms with Crippen LogP contribution in [-0.4, -0.2) is 31.6 Å². The second-order valence-electron chi connectivity index (χ2n) is 4.89. The number of carbonyl (C=O) groups excluding carboxylic acids is 2. The van der Waals surface area contributed by atoms with Crippen molar-refractivity contribution in [3.05, 3.63) is 66.7 Å². The monoisotopic (exact) mass is 330 g/mol. The van der Waals surface area contributed by atoms with E-state index in [1.807, 2.05) is 0 Å². The van der Waals surface area contributed by atoms with E-state index in [1.54, 1.807) is 0 Å². The van der Waals surface area contributed by atoms with E-state index < -0.39 is 61.0 Å². The van der Waals surface area contributed by atoms with Crippen molar-refractivity contribution < 1.29 is 29.6 Å². The molecule has 2 N–H and O–H groups in total. The van der Waals surface area contributed by atoms with E-state index in [0.717, 1.165) is 6.07 Å². The van der Waals surface area contributed by atoms with Gasteiger partial charge in [0.1, 0.15) is 5.56 Å². The van der Waals surface area contributed by atoms with Crippen LogP contribution in [-0.2, 0) is 0 Å². The lowest BCUT2D eigenvalue weighted by atomic mass is 9.82. The maximum atomic E-state index is 12.5. The van der Waals surface area contributed by atoms with Crippen molar-refractivity contribution in [1.82, 2.24) is 0 Å². The molecule has 10 heteroatoms. The number of hydrogen-bond donors (Lipinski definition) is 2. The minimum absolute atomic E-state index is 0.305. The number of ketones is 2. The minimum atomic E-state index is -1.19. The second-order valence-corrected chi connectivity index (χ2v) is 4.89. The third kappa shape index (κ3) is 1.83. The second kappa shape index (κ2) is 4.84. The predicted octanol–water partition coefficient (Wildman–Crippen LogP) is 1.69. The molecule has 10 nitrogen and oxygen atoms in total. The van der Waals surface area contributed by atoms with Gasteiger partial charge in [-0.1, -0.05) is 6.07 Å². The molecular weight excluding hydrogens is 324 g/mol. The molecule has 2 aromatic carbocycles. The number of carbonyl (C=O) groups is 2. The lowest BCUT2D eigenvalue weighted by molar-refractivity contribution is -0.386. The molecule has 0 amide bonds. The highest BCUT2D eigenvalue weighted by molar-refractivity contribution is 6.31. The first-order valence-corrected chi connectivity index (χ1v) is 6.35. The lowest BCUT2D eigenvalue weighted by Crippen LogP contribution is -2.22. The van der Waals surface area contributed by atoms with Crippen LogP contribution in [0.15, 0.2) is 24.3 Å². The average molecular weight is 330 g/mol. The third-order valence-corrected chi connectivity index (χ3v) is 3.63. The molecule has 1 aliphatic rings. The Balaban J connectivity index is 2.40. The van der Waals surface area contributed by atoms with Crippen LogP contribution in [0, 0.1) is 20.2 Å². The van der Waals surface area contributed by atoms with E-state index in [4.69, 9.17) is 0 Å². The fourth-order valence-electron chi connectivity index (χ4n) is 2.58. The van der Waals surface area contributed by atoms with Gasteiger partial charge in [0.2, 0.25) is 11.5 Å². The van der Waals surface area contributed by atoms with Crippen molar-refractivity contribution in [3.8, 4) is 11.5 Å². The van der Waals surface area contributed by atoms with Crippen LogP contribution in [0.3, 0.4) is 0 Å². The van der Waals surface area contributed by atoms with Gasteiger partial charge in [-0.15, -0.1) is 0 Å². The summed E-state index contributed by atoms with van der Waals surface area (Å²) in [6, 6.07) is 4.03. The summed E-state index contributed by atoms with van der Waals surface area (Å²) in [5, 5.41) is 41.5. The molecule has 3 rings (SSSR count). The van der Waals surface area contributed by atoms with Crippen LogP contribution >= 0.6 is 0 Å². The Hall–Kier alpha value is -3.82.